The molecule has 0 bridgehead atoms. The van der Waals surface area contributed by atoms with Gasteiger partial charge in [-0.3, -0.25) is 14.5 Å². The minimum absolute atomic E-state index is 0.213. The Balaban J connectivity index is 1.26. The van der Waals surface area contributed by atoms with E-state index in [0.717, 1.165) is 68.7 Å². The van der Waals surface area contributed by atoms with Gasteiger partial charge in [-0.15, -0.1) is 11.3 Å². The van der Waals surface area contributed by atoms with E-state index < -0.39 is 0 Å². The third-order valence-corrected chi connectivity index (χ3v) is 8.25. The lowest BCUT2D eigenvalue weighted by Gasteiger charge is -2.33. The number of nitrogens with zero attached hydrogens (tertiary/aromatic N) is 2. The smallest absolute Gasteiger partial charge is 0.223 e. The van der Waals surface area contributed by atoms with Crippen molar-refractivity contribution < 1.29 is 9.59 Å². The van der Waals surface area contributed by atoms with Crippen LogP contribution < -0.4 is 5.32 Å². The van der Waals surface area contributed by atoms with Gasteiger partial charge in [0.05, 0.1) is 6.54 Å². The Morgan fingerprint density at radius 1 is 1.09 bits per heavy atom. The number of carbonyl (C=O) groups is 2. The van der Waals surface area contributed by atoms with Crippen LogP contribution in [-0.2, 0) is 17.8 Å². The van der Waals surface area contributed by atoms with Crippen molar-refractivity contribution in [2.75, 3.05) is 19.6 Å². The fourth-order valence-electron chi connectivity index (χ4n) is 5.31. The third-order valence-electron chi connectivity index (χ3n) is 7.31. The molecule has 0 radical (unpaired) electrons. The second-order valence-corrected chi connectivity index (χ2v) is 10.6. The fraction of sp³-hybridized carbons (Fsp3) is 0.615. The molecular weight excluding hydrogens is 418 g/mol. The summed E-state index contributed by atoms with van der Waals surface area (Å²) in [7, 11) is 0. The summed E-state index contributed by atoms with van der Waals surface area (Å²) in [6, 6.07) is 6.59. The summed E-state index contributed by atoms with van der Waals surface area (Å²) in [5, 5.41) is 5.40. The fourth-order valence-corrected chi connectivity index (χ4v) is 6.01. The van der Waals surface area contributed by atoms with E-state index in [1.807, 2.05) is 0 Å². The number of likely N-dealkylation sites (tertiary alicyclic amines) is 1. The predicted octanol–water partition coefficient (Wildman–Crippen LogP) is 4.75. The highest BCUT2D eigenvalue weighted by atomic mass is 32.1. The van der Waals surface area contributed by atoms with E-state index in [-0.39, 0.29) is 23.7 Å². The molecule has 0 aromatic carbocycles. The second kappa shape index (κ2) is 10.8. The first-order valence-electron chi connectivity index (χ1n) is 12.3. The van der Waals surface area contributed by atoms with E-state index in [1.165, 1.54) is 24.1 Å². The molecule has 1 saturated carbocycles. The number of piperidine rings is 1. The first-order chi connectivity index (χ1) is 15.5. The van der Waals surface area contributed by atoms with Crippen molar-refractivity contribution in [3.8, 4) is 0 Å². The van der Waals surface area contributed by atoms with Crippen LogP contribution in [0.4, 0.5) is 0 Å². The van der Waals surface area contributed by atoms with Crippen LogP contribution in [0.15, 0.2) is 23.6 Å². The number of carbonyl (C=O) groups excluding carboxylic acids is 2. The third kappa shape index (κ3) is 5.70. The van der Waals surface area contributed by atoms with Gasteiger partial charge in [0.2, 0.25) is 5.91 Å². The number of thiophene rings is 1. The molecule has 2 aliphatic rings. The molecule has 1 aliphatic carbocycles. The number of aryl methyl sites for hydroxylation is 2. The zero-order chi connectivity index (χ0) is 22.5. The normalized spacial score (nSPS) is 18.7. The zero-order valence-corrected chi connectivity index (χ0v) is 20.4. The average Bonchev–Trinajstić information content (AvgIpc) is 3.42. The van der Waals surface area contributed by atoms with Crippen molar-refractivity contribution in [1.29, 1.82) is 0 Å². The Morgan fingerprint density at radius 2 is 1.84 bits per heavy atom. The summed E-state index contributed by atoms with van der Waals surface area (Å²) in [5.74, 6) is 0.692. The monoisotopic (exact) mass is 455 g/mol. The molecule has 0 atom stereocenters. The molecule has 3 heterocycles. The number of hydrogen-bond donors (Lipinski definition) is 1. The van der Waals surface area contributed by atoms with Gasteiger partial charge >= 0.3 is 0 Å². The molecular formula is C26H37N3O2S. The number of ketones is 1. The van der Waals surface area contributed by atoms with E-state index >= 15 is 0 Å². The topological polar surface area (TPSA) is 54.3 Å². The van der Waals surface area contributed by atoms with Crippen molar-refractivity contribution in [2.45, 2.75) is 77.8 Å². The number of nitrogens with one attached hydrogen (secondary N) is 1. The van der Waals surface area contributed by atoms with Gasteiger partial charge in [0.1, 0.15) is 0 Å². The summed E-state index contributed by atoms with van der Waals surface area (Å²) in [6.07, 6.45) is 8.61. The van der Waals surface area contributed by atoms with Gasteiger partial charge in [0.25, 0.3) is 0 Å². The zero-order valence-electron chi connectivity index (χ0n) is 19.6. The minimum atomic E-state index is 0.213. The van der Waals surface area contributed by atoms with Crippen LogP contribution in [0.3, 0.4) is 0 Å². The van der Waals surface area contributed by atoms with E-state index in [1.54, 1.807) is 11.3 Å². The van der Waals surface area contributed by atoms with Gasteiger partial charge in [0, 0.05) is 53.4 Å². The molecule has 1 amide bonds. The molecule has 174 valence electrons. The maximum absolute atomic E-state index is 13.1. The van der Waals surface area contributed by atoms with Crippen LogP contribution in [0.25, 0.3) is 0 Å². The summed E-state index contributed by atoms with van der Waals surface area (Å²) in [5.41, 5.74) is 3.10. The van der Waals surface area contributed by atoms with Crippen LogP contribution in [0.1, 0.15) is 71.6 Å². The molecule has 1 aliphatic heterocycles. The van der Waals surface area contributed by atoms with E-state index in [4.69, 9.17) is 0 Å². The Bertz CT molecular complexity index is 904. The van der Waals surface area contributed by atoms with Gasteiger partial charge in [-0.1, -0.05) is 25.3 Å². The molecule has 1 N–H and O–H groups in total. The molecule has 6 heteroatoms. The number of aromatic nitrogens is 1. The molecule has 2 aromatic rings. The van der Waals surface area contributed by atoms with E-state index in [9.17, 15) is 9.59 Å². The molecule has 1 saturated heterocycles. The highest BCUT2D eigenvalue weighted by Crippen LogP contribution is 2.24. The van der Waals surface area contributed by atoms with Crippen LogP contribution in [0.5, 0.6) is 0 Å². The summed E-state index contributed by atoms with van der Waals surface area (Å²) >= 11 is 1.79. The maximum Gasteiger partial charge on any atom is 0.223 e. The van der Waals surface area contributed by atoms with Crippen molar-refractivity contribution in [3.63, 3.8) is 0 Å². The Labute approximate surface area is 196 Å². The van der Waals surface area contributed by atoms with Crippen LogP contribution >= 0.6 is 11.3 Å². The Kier molecular flexibility index (Phi) is 7.84. The lowest BCUT2D eigenvalue weighted by Crippen LogP contribution is -2.47. The van der Waals surface area contributed by atoms with Crippen molar-refractivity contribution in [1.82, 2.24) is 14.8 Å². The average molecular weight is 456 g/mol. The molecule has 32 heavy (non-hydrogen) atoms. The molecule has 0 spiro atoms. The van der Waals surface area contributed by atoms with E-state index in [0.29, 0.717) is 6.54 Å². The first-order valence-corrected chi connectivity index (χ1v) is 13.1. The van der Waals surface area contributed by atoms with Gasteiger partial charge in [-0.25, -0.2) is 0 Å². The Hall–Kier alpha value is -1.92. The van der Waals surface area contributed by atoms with Crippen LogP contribution in [0.2, 0.25) is 0 Å². The van der Waals surface area contributed by atoms with Gasteiger partial charge in [-0.05, 0) is 63.5 Å². The van der Waals surface area contributed by atoms with Gasteiger partial charge < -0.3 is 9.88 Å². The number of Topliss-reactive ketones (excluding diaryl/α,β-unsaturated/α-hetero) is 1. The lowest BCUT2D eigenvalue weighted by atomic mass is 9.88. The highest BCUT2D eigenvalue weighted by molar-refractivity contribution is 7.09. The highest BCUT2D eigenvalue weighted by Gasteiger charge is 2.27. The maximum atomic E-state index is 13.1. The summed E-state index contributed by atoms with van der Waals surface area (Å²) in [4.78, 5) is 29.2. The molecule has 2 fully saturated rings. The summed E-state index contributed by atoms with van der Waals surface area (Å²) in [6.45, 7) is 7.30. The number of hydrogen-bond acceptors (Lipinski definition) is 4. The minimum Gasteiger partial charge on any atom is -0.353 e. The lowest BCUT2D eigenvalue weighted by molar-refractivity contribution is -0.127. The quantitative estimate of drug-likeness (QED) is 0.584. The first kappa shape index (κ1) is 23.2. The Morgan fingerprint density at radius 3 is 2.53 bits per heavy atom. The molecule has 0 unspecified atom stereocenters. The second-order valence-electron chi connectivity index (χ2n) is 9.58. The molecule has 2 aromatic heterocycles. The SMILES string of the molecule is Cc1cc(C(=O)CN2CCC(NC(=O)C3CCCCC3)CC2)c(C)n1CCc1cccs1. The standard InChI is InChI=1S/C26H37N3O2S/c1-19-17-24(20(2)29(19)15-12-23-9-6-16-32-23)25(30)18-28-13-10-22(11-14-28)27-26(31)21-7-4-3-5-8-21/h6,9,16-17,21-22H,3-5,7-8,10-15,18H2,1-2H3,(H,27,31). The number of rotatable bonds is 8. The van der Waals surface area contributed by atoms with Crippen LogP contribution in [-0.4, -0.2) is 46.8 Å². The predicted molar refractivity (Wildman–Crippen MR) is 130 cm³/mol. The summed E-state index contributed by atoms with van der Waals surface area (Å²) < 4.78 is 2.28. The number of amides is 1. The van der Waals surface area contributed by atoms with Gasteiger partial charge in [0.15, 0.2) is 5.78 Å². The largest absolute Gasteiger partial charge is 0.353 e. The van der Waals surface area contributed by atoms with Crippen molar-refractivity contribution >= 4 is 23.0 Å². The molecule has 4 rings (SSSR count). The van der Waals surface area contributed by atoms with Crippen molar-refractivity contribution in [2.24, 2.45) is 5.92 Å². The molecule has 5 nitrogen and oxygen atoms in total. The van der Waals surface area contributed by atoms with Crippen LogP contribution in [0, 0.1) is 19.8 Å². The van der Waals surface area contributed by atoms with Gasteiger partial charge in [-0.2, -0.15) is 0 Å². The van der Waals surface area contributed by atoms with Crippen molar-refractivity contribution in [3.05, 3.63) is 45.4 Å². The van der Waals surface area contributed by atoms with E-state index in [2.05, 4.69) is 52.2 Å².